The average Bonchev–Trinajstić information content (AvgIpc) is 2.71. The molecule has 0 amide bonds. The SMILES string of the molecule is CCCCCCC(C)(C(=O)O)N1CCC(C)C1. The van der Waals surface area contributed by atoms with Crippen LogP contribution in [-0.4, -0.2) is 34.6 Å². The van der Waals surface area contributed by atoms with Crippen LogP contribution in [0.2, 0.25) is 0 Å². The molecular weight excluding hydrogens is 214 g/mol. The van der Waals surface area contributed by atoms with E-state index in [-0.39, 0.29) is 0 Å². The van der Waals surface area contributed by atoms with Crippen molar-refractivity contribution in [2.75, 3.05) is 13.1 Å². The molecule has 0 spiro atoms. The Bertz CT molecular complexity index is 255. The van der Waals surface area contributed by atoms with E-state index in [2.05, 4.69) is 18.7 Å². The highest BCUT2D eigenvalue weighted by Gasteiger charge is 2.41. The van der Waals surface area contributed by atoms with Gasteiger partial charge in [-0.25, -0.2) is 0 Å². The molecule has 1 aliphatic heterocycles. The van der Waals surface area contributed by atoms with Crippen LogP contribution in [0.5, 0.6) is 0 Å². The Balaban J connectivity index is 2.53. The maximum absolute atomic E-state index is 11.5. The van der Waals surface area contributed by atoms with Gasteiger partial charge >= 0.3 is 5.97 Å². The molecule has 0 radical (unpaired) electrons. The van der Waals surface area contributed by atoms with E-state index in [0.29, 0.717) is 5.92 Å². The number of hydrogen-bond acceptors (Lipinski definition) is 2. The number of carbonyl (C=O) groups is 1. The Morgan fingerprint density at radius 2 is 2.12 bits per heavy atom. The molecule has 100 valence electrons. The number of carboxylic acids is 1. The lowest BCUT2D eigenvalue weighted by Crippen LogP contribution is -2.51. The molecule has 1 heterocycles. The predicted octanol–water partition coefficient (Wildman–Crippen LogP) is 3.14. The fourth-order valence-electron chi connectivity index (χ4n) is 2.68. The maximum atomic E-state index is 11.5. The lowest BCUT2D eigenvalue weighted by molar-refractivity contribution is -0.150. The summed E-state index contributed by atoms with van der Waals surface area (Å²) in [5.74, 6) is -0.00702. The second kappa shape index (κ2) is 6.39. The number of carboxylic acid groups (broad SMARTS) is 1. The molecule has 0 aromatic rings. The van der Waals surface area contributed by atoms with Crippen LogP contribution in [-0.2, 0) is 4.79 Å². The molecule has 17 heavy (non-hydrogen) atoms. The molecule has 3 heteroatoms. The predicted molar refractivity (Wildman–Crippen MR) is 70.2 cm³/mol. The first-order valence-corrected chi connectivity index (χ1v) is 6.99. The minimum absolute atomic E-state index is 0.640. The zero-order valence-corrected chi connectivity index (χ0v) is 11.5. The van der Waals surface area contributed by atoms with Crippen LogP contribution in [0.1, 0.15) is 59.3 Å². The molecule has 3 nitrogen and oxygen atoms in total. The monoisotopic (exact) mass is 241 g/mol. The number of aliphatic carboxylic acids is 1. The molecule has 2 unspecified atom stereocenters. The molecule has 0 aliphatic carbocycles. The summed E-state index contributed by atoms with van der Waals surface area (Å²) in [4.78, 5) is 13.7. The molecule has 1 N–H and O–H groups in total. The molecule has 0 aromatic carbocycles. The van der Waals surface area contributed by atoms with Crippen LogP contribution in [0, 0.1) is 5.92 Å². The molecule has 0 saturated carbocycles. The molecule has 0 bridgehead atoms. The van der Waals surface area contributed by atoms with Crippen molar-refractivity contribution in [1.82, 2.24) is 4.90 Å². The third kappa shape index (κ3) is 3.70. The van der Waals surface area contributed by atoms with Crippen molar-refractivity contribution in [3.05, 3.63) is 0 Å². The van der Waals surface area contributed by atoms with Crippen LogP contribution in [0.3, 0.4) is 0 Å². The maximum Gasteiger partial charge on any atom is 0.323 e. The van der Waals surface area contributed by atoms with E-state index in [1.54, 1.807) is 0 Å². The Hall–Kier alpha value is -0.570. The van der Waals surface area contributed by atoms with Gasteiger partial charge in [0.05, 0.1) is 0 Å². The highest BCUT2D eigenvalue weighted by Crippen LogP contribution is 2.29. The minimum Gasteiger partial charge on any atom is -0.480 e. The van der Waals surface area contributed by atoms with E-state index in [1.165, 1.54) is 12.8 Å². The minimum atomic E-state index is -0.650. The van der Waals surface area contributed by atoms with Crippen molar-refractivity contribution in [1.29, 1.82) is 0 Å². The van der Waals surface area contributed by atoms with Crippen LogP contribution >= 0.6 is 0 Å². The smallest absolute Gasteiger partial charge is 0.323 e. The summed E-state index contributed by atoms with van der Waals surface area (Å²) in [6, 6.07) is 0. The van der Waals surface area contributed by atoms with Crippen LogP contribution in [0.25, 0.3) is 0 Å². The van der Waals surface area contributed by atoms with E-state index >= 15 is 0 Å². The van der Waals surface area contributed by atoms with Gasteiger partial charge in [0.1, 0.15) is 5.54 Å². The summed E-state index contributed by atoms with van der Waals surface area (Å²) in [6.45, 7) is 8.17. The van der Waals surface area contributed by atoms with Gasteiger partial charge in [-0.15, -0.1) is 0 Å². The molecule has 1 fully saturated rings. The number of unbranched alkanes of at least 4 members (excludes halogenated alkanes) is 3. The Morgan fingerprint density at radius 1 is 1.41 bits per heavy atom. The van der Waals surface area contributed by atoms with E-state index in [0.717, 1.165) is 38.8 Å². The number of rotatable bonds is 7. The Labute approximate surface area is 105 Å². The van der Waals surface area contributed by atoms with E-state index in [1.807, 2.05) is 6.92 Å². The van der Waals surface area contributed by atoms with Gasteiger partial charge in [0.15, 0.2) is 0 Å². The quantitative estimate of drug-likeness (QED) is 0.696. The summed E-state index contributed by atoms with van der Waals surface area (Å²) in [5, 5.41) is 9.49. The zero-order valence-electron chi connectivity index (χ0n) is 11.5. The molecule has 2 atom stereocenters. The third-order valence-electron chi connectivity index (χ3n) is 4.10. The summed E-state index contributed by atoms with van der Waals surface area (Å²) >= 11 is 0. The van der Waals surface area contributed by atoms with Gasteiger partial charge in [-0.3, -0.25) is 9.69 Å². The lowest BCUT2D eigenvalue weighted by Gasteiger charge is -2.35. The van der Waals surface area contributed by atoms with Crippen molar-refractivity contribution in [2.45, 2.75) is 64.8 Å². The summed E-state index contributed by atoms with van der Waals surface area (Å²) in [7, 11) is 0. The fraction of sp³-hybridized carbons (Fsp3) is 0.929. The van der Waals surface area contributed by atoms with Gasteiger partial charge < -0.3 is 5.11 Å². The Morgan fingerprint density at radius 3 is 2.59 bits per heavy atom. The zero-order chi connectivity index (χ0) is 12.9. The molecular formula is C14H27NO2. The van der Waals surface area contributed by atoms with Crippen molar-refractivity contribution in [3.63, 3.8) is 0 Å². The first kappa shape index (κ1) is 14.5. The summed E-state index contributed by atoms with van der Waals surface area (Å²) < 4.78 is 0. The van der Waals surface area contributed by atoms with Gasteiger partial charge in [-0.2, -0.15) is 0 Å². The third-order valence-corrected chi connectivity index (χ3v) is 4.10. The average molecular weight is 241 g/mol. The van der Waals surface area contributed by atoms with Crippen molar-refractivity contribution >= 4 is 5.97 Å². The van der Waals surface area contributed by atoms with Crippen LogP contribution < -0.4 is 0 Å². The fourth-order valence-corrected chi connectivity index (χ4v) is 2.68. The summed E-state index contributed by atoms with van der Waals surface area (Å²) in [6.07, 6.45) is 6.52. The second-order valence-corrected chi connectivity index (χ2v) is 5.73. The van der Waals surface area contributed by atoms with Gasteiger partial charge in [0, 0.05) is 6.54 Å². The molecule has 1 aliphatic rings. The van der Waals surface area contributed by atoms with Crippen molar-refractivity contribution in [3.8, 4) is 0 Å². The standard InChI is InChI=1S/C14H27NO2/c1-4-5-6-7-9-14(3,13(16)17)15-10-8-12(2)11-15/h12H,4-11H2,1-3H3,(H,16,17). The molecule has 0 aromatic heterocycles. The lowest BCUT2D eigenvalue weighted by atomic mass is 9.92. The van der Waals surface area contributed by atoms with Crippen LogP contribution in [0.4, 0.5) is 0 Å². The highest BCUT2D eigenvalue weighted by atomic mass is 16.4. The first-order chi connectivity index (χ1) is 8.00. The van der Waals surface area contributed by atoms with Gasteiger partial charge in [-0.1, -0.05) is 39.5 Å². The molecule has 1 saturated heterocycles. The van der Waals surface area contributed by atoms with Gasteiger partial charge in [-0.05, 0) is 32.2 Å². The highest BCUT2D eigenvalue weighted by molar-refractivity contribution is 5.78. The number of likely N-dealkylation sites (tertiary alicyclic amines) is 1. The van der Waals surface area contributed by atoms with E-state index in [9.17, 15) is 9.90 Å². The topological polar surface area (TPSA) is 40.5 Å². The van der Waals surface area contributed by atoms with Crippen molar-refractivity contribution < 1.29 is 9.90 Å². The van der Waals surface area contributed by atoms with Crippen LogP contribution in [0.15, 0.2) is 0 Å². The largest absolute Gasteiger partial charge is 0.480 e. The van der Waals surface area contributed by atoms with Gasteiger partial charge in [0.25, 0.3) is 0 Å². The van der Waals surface area contributed by atoms with Gasteiger partial charge in [0.2, 0.25) is 0 Å². The summed E-state index contributed by atoms with van der Waals surface area (Å²) in [5.41, 5.74) is -0.640. The first-order valence-electron chi connectivity index (χ1n) is 6.99. The normalized spacial score (nSPS) is 24.8. The van der Waals surface area contributed by atoms with E-state index in [4.69, 9.17) is 0 Å². The molecule has 1 rings (SSSR count). The van der Waals surface area contributed by atoms with E-state index < -0.39 is 11.5 Å². The Kier molecular flexibility index (Phi) is 5.44. The second-order valence-electron chi connectivity index (χ2n) is 5.73. The number of nitrogens with zero attached hydrogens (tertiary/aromatic N) is 1. The van der Waals surface area contributed by atoms with Crippen molar-refractivity contribution in [2.24, 2.45) is 5.92 Å². The number of hydrogen-bond donors (Lipinski definition) is 1.